The van der Waals surface area contributed by atoms with Gasteiger partial charge >= 0.3 is 0 Å². The fourth-order valence-corrected chi connectivity index (χ4v) is 2.98. The van der Waals surface area contributed by atoms with E-state index in [2.05, 4.69) is 43.3 Å². The van der Waals surface area contributed by atoms with E-state index >= 15 is 0 Å². The molecule has 3 rings (SSSR count). The summed E-state index contributed by atoms with van der Waals surface area (Å²) in [4.78, 5) is 0. The summed E-state index contributed by atoms with van der Waals surface area (Å²) in [6.07, 6.45) is 5.51. The van der Waals surface area contributed by atoms with Crippen molar-refractivity contribution in [1.82, 2.24) is 0 Å². The first-order valence-corrected chi connectivity index (χ1v) is 6.20. The summed E-state index contributed by atoms with van der Waals surface area (Å²) >= 11 is 0. The highest BCUT2D eigenvalue weighted by Crippen LogP contribution is 2.38. The Morgan fingerprint density at radius 3 is 2.31 bits per heavy atom. The standard InChI is InChI=1S/C16H17/c1-12-10-11-15(13-6-2-3-7-13)16-9-5-4-8-14(12)16/h4-5,8-11,13H,1-3,6-7H2. The van der Waals surface area contributed by atoms with Crippen molar-refractivity contribution in [1.29, 1.82) is 0 Å². The topological polar surface area (TPSA) is 0 Å². The van der Waals surface area contributed by atoms with Gasteiger partial charge in [-0.25, -0.2) is 0 Å². The van der Waals surface area contributed by atoms with Crippen molar-refractivity contribution in [2.24, 2.45) is 0 Å². The monoisotopic (exact) mass is 209 g/mol. The second kappa shape index (κ2) is 3.93. The van der Waals surface area contributed by atoms with Crippen LogP contribution in [0.4, 0.5) is 0 Å². The van der Waals surface area contributed by atoms with E-state index in [1.807, 2.05) is 0 Å². The minimum absolute atomic E-state index is 0.783. The van der Waals surface area contributed by atoms with Gasteiger partial charge in [0.05, 0.1) is 0 Å². The molecule has 16 heavy (non-hydrogen) atoms. The maximum Gasteiger partial charge on any atom is -0.0146 e. The highest BCUT2D eigenvalue weighted by Gasteiger charge is 2.19. The normalized spacial score (nSPS) is 17.1. The molecule has 2 aromatic carbocycles. The van der Waals surface area contributed by atoms with E-state index in [1.165, 1.54) is 36.5 Å². The van der Waals surface area contributed by atoms with Gasteiger partial charge in [0.1, 0.15) is 0 Å². The highest BCUT2D eigenvalue weighted by molar-refractivity contribution is 5.89. The fraction of sp³-hybridized carbons (Fsp3) is 0.312. The van der Waals surface area contributed by atoms with Crippen molar-refractivity contribution < 1.29 is 0 Å². The van der Waals surface area contributed by atoms with Gasteiger partial charge in [0, 0.05) is 0 Å². The molecule has 1 aliphatic carbocycles. The van der Waals surface area contributed by atoms with Crippen LogP contribution in [-0.2, 0) is 0 Å². The minimum atomic E-state index is 0.783. The predicted molar refractivity (Wildman–Crippen MR) is 69.6 cm³/mol. The van der Waals surface area contributed by atoms with E-state index < -0.39 is 0 Å². The lowest BCUT2D eigenvalue weighted by Crippen LogP contribution is -1.94. The van der Waals surface area contributed by atoms with Gasteiger partial charge in [0.25, 0.3) is 0 Å². The van der Waals surface area contributed by atoms with Crippen molar-refractivity contribution >= 4 is 10.8 Å². The zero-order valence-corrected chi connectivity index (χ0v) is 9.58. The largest absolute Gasteiger partial charge is 0.0616 e. The lowest BCUT2D eigenvalue weighted by Gasteiger charge is -2.14. The van der Waals surface area contributed by atoms with E-state index in [0.717, 1.165) is 11.5 Å². The van der Waals surface area contributed by atoms with Gasteiger partial charge in [0.2, 0.25) is 0 Å². The Morgan fingerprint density at radius 1 is 0.875 bits per heavy atom. The summed E-state index contributed by atoms with van der Waals surface area (Å²) < 4.78 is 0. The number of hydrogen-bond donors (Lipinski definition) is 0. The van der Waals surface area contributed by atoms with Crippen LogP contribution in [0.5, 0.6) is 0 Å². The van der Waals surface area contributed by atoms with E-state index in [9.17, 15) is 0 Å². The highest BCUT2D eigenvalue weighted by atomic mass is 14.2. The molecular weight excluding hydrogens is 192 g/mol. The molecule has 1 saturated carbocycles. The van der Waals surface area contributed by atoms with E-state index in [4.69, 9.17) is 0 Å². The summed E-state index contributed by atoms with van der Waals surface area (Å²) in [5.41, 5.74) is 2.69. The smallest absolute Gasteiger partial charge is 0.0146 e. The molecular formula is C16H17. The Bertz CT molecular complexity index is 504. The lowest BCUT2D eigenvalue weighted by atomic mass is 9.90. The number of benzene rings is 2. The van der Waals surface area contributed by atoms with Crippen LogP contribution in [0, 0.1) is 6.92 Å². The molecule has 0 heterocycles. The first-order chi connectivity index (χ1) is 7.86. The molecule has 2 aromatic rings. The Labute approximate surface area is 97.3 Å². The maximum atomic E-state index is 4.12. The number of fused-ring (bicyclic) bond motifs is 1. The second-order valence-corrected chi connectivity index (χ2v) is 4.84. The Balaban J connectivity index is 2.21. The van der Waals surface area contributed by atoms with Crippen LogP contribution in [0.25, 0.3) is 10.8 Å². The fourth-order valence-electron chi connectivity index (χ4n) is 2.98. The minimum Gasteiger partial charge on any atom is -0.0616 e. The van der Waals surface area contributed by atoms with Gasteiger partial charge in [-0.1, -0.05) is 49.2 Å². The van der Waals surface area contributed by atoms with Crippen LogP contribution in [0.1, 0.15) is 42.7 Å². The molecule has 0 saturated heterocycles. The third-order valence-corrected chi connectivity index (χ3v) is 3.84. The van der Waals surface area contributed by atoms with Gasteiger partial charge in [-0.2, -0.15) is 0 Å². The van der Waals surface area contributed by atoms with Crippen molar-refractivity contribution in [2.45, 2.75) is 31.6 Å². The first kappa shape index (κ1) is 9.89. The van der Waals surface area contributed by atoms with Crippen molar-refractivity contribution in [3.63, 3.8) is 0 Å². The molecule has 0 heteroatoms. The van der Waals surface area contributed by atoms with E-state index in [0.29, 0.717) is 0 Å². The van der Waals surface area contributed by atoms with Crippen LogP contribution < -0.4 is 0 Å². The summed E-state index contributed by atoms with van der Waals surface area (Å²) in [5, 5.41) is 2.74. The first-order valence-electron chi connectivity index (χ1n) is 6.20. The van der Waals surface area contributed by atoms with Crippen LogP contribution in [0.3, 0.4) is 0 Å². The van der Waals surface area contributed by atoms with Crippen molar-refractivity contribution in [2.75, 3.05) is 0 Å². The van der Waals surface area contributed by atoms with Gasteiger partial charge < -0.3 is 0 Å². The predicted octanol–water partition coefficient (Wildman–Crippen LogP) is 4.68. The Hall–Kier alpha value is -1.30. The third-order valence-electron chi connectivity index (χ3n) is 3.84. The molecule has 0 amide bonds. The van der Waals surface area contributed by atoms with Crippen LogP contribution in [0.15, 0.2) is 36.4 Å². The van der Waals surface area contributed by atoms with Crippen molar-refractivity contribution in [3.8, 4) is 0 Å². The molecule has 1 radical (unpaired) electrons. The average Bonchev–Trinajstić information content (AvgIpc) is 2.83. The summed E-state index contributed by atoms with van der Waals surface area (Å²) in [6, 6.07) is 13.2. The number of rotatable bonds is 1. The second-order valence-electron chi connectivity index (χ2n) is 4.84. The molecule has 81 valence electrons. The molecule has 0 atom stereocenters. The molecule has 1 fully saturated rings. The summed E-state index contributed by atoms with van der Waals surface area (Å²) in [5.74, 6) is 0.783. The van der Waals surface area contributed by atoms with E-state index in [1.54, 1.807) is 5.56 Å². The number of hydrogen-bond acceptors (Lipinski definition) is 0. The van der Waals surface area contributed by atoms with Gasteiger partial charge in [-0.15, -0.1) is 0 Å². The van der Waals surface area contributed by atoms with Crippen LogP contribution in [0.2, 0.25) is 0 Å². The molecule has 0 aromatic heterocycles. The summed E-state index contributed by atoms with van der Waals surface area (Å²) in [6.45, 7) is 4.12. The van der Waals surface area contributed by atoms with E-state index in [-0.39, 0.29) is 0 Å². The quantitative estimate of drug-likeness (QED) is 0.639. The van der Waals surface area contributed by atoms with Crippen LogP contribution in [-0.4, -0.2) is 0 Å². The Kier molecular flexibility index (Phi) is 2.43. The average molecular weight is 209 g/mol. The molecule has 0 spiro atoms. The summed E-state index contributed by atoms with van der Waals surface area (Å²) in [7, 11) is 0. The van der Waals surface area contributed by atoms with Gasteiger partial charge in [0.15, 0.2) is 0 Å². The molecule has 0 bridgehead atoms. The zero-order valence-electron chi connectivity index (χ0n) is 9.58. The molecule has 1 aliphatic rings. The third kappa shape index (κ3) is 1.53. The zero-order chi connectivity index (χ0) is 11.0. The Morgan fingerprint density at radius 2 is 1.56 bits per heavy atom. The SMILES string of the molecule is [CH2]c1ccc(C2CCCC2)c2ccccc12. The molecule has 0 N–H and O–H groups in total. The molecule has 0 nitrogen and oxygen atoms in total. The van der Waals surface area contributed by atoms with Gasteiger partial charge in [-0.05, 0) is 47.6 Å². The van der Waals surface area contributed by atoms with Crippen LogP contribution >= 0.6 is 0 Å². The van der Waals surface area contributed by atoms with Gasteiger partial charge in [-0.3, -0.25) is 0 Å². The van der Waals surface area contributed by atoms with Crippen molar-refractivity contribution in [3.05, 3.63) is 54.4 Å². The molecule has 0 unspecified atom stereocenters. The molecule has 0 aliphatic heterocycles. The lowest BCUT2D eigenvalue weighted by molar-refractivity contribution is 0.729. The maximum absolute atomic E-state index is 4.12.